The molecule has 99 heavy (non-hydrogen) atoms. The van der Waals surface area contributed by atoms with Crippen LogP contribution in [0, 0.1) is 0 Å². The molecular formula is C67H90ClN3O23S5. The molecule has 7 rings (SSSR count). The number of benzene rings is 4. The number of methoxy groups -OCH3 is 2. The molecule has 4 aromatic rings. The van der Waals surface area contributed by atoms with E-state index in [2.05, 4.69) is 17.9 Å². The van der Waals surface area contributed by atoms with E-state index < -0.39 is 74.5 Å². The van der Waals surface area contributed by atoms with Crippen LogP contribution in [0.3, 0.4) is 0 Å². The highest BCUT2D eigenvalue weighted by molar-refractivity contribution is 7.94. The Labute approximate surface area is 593 Å². The van der Waals surface area contributed by atoms with E-state index in [1.807, 2.05) is 55.2 Å². The average Bonchev–Trinajstić information content (AvgIpc) is 1.59. The highest BCUT2D eigenvalue weighted by Gasteiger charge is 2.45. The molecule has 26 nitrogen and oxygen atoms in total. The number of rotatable bonds is 45. The quantitative estimate of drug-likeness (QED) is 0.00787. The molecule has 5 N–H and O–H groups in total. The molecule has 1 aliphatic carbocycles. The van der Waals surface area contributed by atoms with Gasteiger partial charge in [-0.3, -0.25) is 23.2 Å². The van der Waals surface area contributed by atoms with Crippen LogP contribution in [0.4, 0.5) is 11.4 Å². The van der Waals surface area contributed by atoms with Crippen LogP contribution in [0.15, 0.2) is 114 Å². The van der Waals surface area contributed by atoms with Gasteiger partial charge in [0.1, 0.15) is 0 Å². The summed E-state index contributed by atoms with van der Waals surface area (Å²) in [5, 5.41) is 6.20. The number of carbonyl (C=O) groups is 3. The summed E-state index contributed by atoms with van der Waals surface area (Å²) >= 11 is 12.4. The lowest BCUT2D eigenvalue weighted by Crippen LogP contribution is -2.33. The molecule has 1 fully saturated rings. The monoisotopic (exact) mass is 1500 g/mol. The molecule has 2 heterocycles. The maximum absolute atomic E-state index is 13.3. The average molecular weight is 1500 g/mol. The molecule has 32 heteroatoms. The van der Waals surface area contributed by atoms with Crippen molar-refractivity contribution in [3.8, 4) is 0 Å². The zero-order valence-corrected chi connectivity index (χ0v) is 61.0. The molecule has 2 atom stereocenters. The SMILES string of the molecule is COCCOCCOCCOCCOCCNc1ccc2c(S)cc(S(=O)(=O)O)cc2c1C(C)(C/C=C/C1=C(Cl)C(=C/C=C2/N(CCCC(=O)ON3C(=O)CCC3=O)c3ccc4c(SO)cc(S(=O)(=O)O)cc4c3C2(C)CCOCCOCCOCCOC)/CCC1)CCCS(=O)(=O)O. The Bertz CT molecular complexity index is 3910. The molecule has 2 aliphatic heterocycles. The summed E-state index contributed by atoms with van der Waals surface area (Å²) in [5.41, 5.74) is 2.45. The normalized spacial score (nSPS) is 17.8. The van der Waals surface area contributed by atoms with Gasteiger partial charge in [0, 0.05) is 103 Å². The summed E-state index contributed by atoms with van der Waals surface area (Å²) in [7, 11) is -10.8. The standard InChI is InChI=1S/C67H90ClN3O23S5/c1-66(22-8-42-97(76,77)78,63-53-43-49(98(79,80)81)45-57(95)51(53)14-16-55(63)69-24-27-88-33-35-92-40-41-93-39-37-90-31-29-86-4)21-6-11-47-9-5-10-48(65(47)68)13-18-59-67(2,23-26-87-32-34-91-38-36-89-30-28-85-3)64-54-44-50(99(82,83)84)46-58(96-75)52(54)15-17-56(64)70(59)25-7-12-62(74)94-71-60(72)19-20-61(71)73/h6,11,13-18,43-46,69,75,95H,5,7-10,12,19-42H2,1-4H3,(H,76,77,78)(H,79,80,81)(H,82,83,84)/b11-6+,48-13+,59-18+. The van der Waals surface area contributed by atoms with E-state index in [0.717, 1.165) is 11.1 Å². The fraction of sp³-hybridized carbons (Fsp3) is 0.537. The third-order valence-corrected chi connectivity index (χ3v) is 20.9. The maximum Gasteiger partial charge on any atom is 0.333 e. The summed E-state index contributed by atoms with van der Waals surface area (Å²) in [6.07, 6.45) is 9.71. The first-order valence-corrected chi connectivity index (χ1v) is 38.5. The minimum Gasteiger partial charge on any atom is -0.382 e. The van der Waals surface area contributed by atoms with E-state index >= 15 is 0 Å². The Hall–Kier alpha value is -5.11. The number of amides is 2. The van der Waals surface area contributed by atoms with E-state index in [4.69, 9.17) is 59.1 Å². The Kier molecular flexibility index (Phi) is 32.0. The topological polar surface area (TPSA) is 345 Å². The molecule has 2 amide bonds. The van der Waals surface area contributed by atoms with Gasteiger partial charge in [-0.2, -0.15) is 25.3 Å². The smallest absolute Gasteiger partial charge is 0.333 e. The first kappa shape index (κ1) is 81.2. The number of nitrogens with zero attached hydrogens (tertiary/aromatic N) is 2. The minimum absolute atomic E-state index is 0.0119. The van der Waals surface area contributed by atoms with Gasteiger partial charge in [0.05, 0.1) is 115 Å². The molecular weight excluding hydrogens is 1410 g/mol. The van der Waals surface area contributed by atoms with Crippen molar-refractivity contribution in [2.75, 3.05) is 149 Å². The third kappa shape index (κ3) is 23.5. The number of carbonyl (C=O) groups excluding carboxylic acids is 3. The van der Waals surface area contributed by atoms with Gasteiger partial charge in [-0.1, -0.05) is 48.9 Å². The molecule has 0 saturated carbocycles. The molecule has 0 aromatic heterocycles. The maximum atomic E-state index is 13.3. The fourth-order valence-corrected chi connectivity index (χ4v) is 15.0. The fourth-order valence-electron chi connectivity index (χ4n) is 12.2. The Morgan fingerprint density at radius 2 is 1.25 bits per heavy atom. The van der Waals surface area contributed by atoms with Crippen LogP contribution in [0.1, 0.15) is 95.6 Å². The second-order valence-electron chi connectivity index (χ2n) is 24.1. The highest BCUT2D eigenvalue weighted by Crippen LogP contribution is 2.54. The molecule has 2 unspecified atom stereocenters. The van der Waals surface area contributed by atoms with Crippen LogP contribution in [-0.2, 0) is 103 Å². The number of thiol groups is 1. The van der Waals surface area contributed by atoms with E-state index in [1.54, 1.807) is 26.4 Å². The van der Waals surface area contributed by atoms with Crippen LogP contribution < -0.4 is 10.2 Å². The number of allylic oxidation sites excluding steroid dienone is 8. The number of hydrogen-bond acceptors (Lipinski definition) is 24. The largest absolute Gasteiger partial charge is 0.382 e. The first-order valence-electron chi connectivity index (χ1n) is 32.4. The van der Waals surface area contributed by atoms with Crippen molar-refractivity contribution >= 4 is 117 Å². The van der Waals surface area contributed by atoms with Gasteiger partial charge in [-0.05, 0) is 150 Å². The number of nitrogens with one attached hydrogen (secondary N) is 1. The van der Waals surface area contributed by atoms with Crippen LogP contribution >= 0.6 is 36.3 Å². The summed E-state index contributed by atoms with van der Waals surface area (Å²) in [6.45, 7) is 9.75. The van der Waals surface area contributed by atoms with Gasteiger partial charge in [0.25, 0.3) is 42.2 Å². The molecule has 3 aliphatic rings. The van der Waals surface area contributed by atoms with Gasteiger partial charge in [-0.15, -0.1) is 17.7 Å². The molecule has 1 saturated heterocycles. The molecule has 0 bridgehead atoms. The van der Waals surface area contributed by atoms with Crippen molar-refractivity contribution in [1.82, 2.24) is 5.06 Å². The number of anilines is 2. The number of ether oxygens (including phenoxy) is 9. The highest BCUT2D eigenvalue weighted by atomic mass is 35.5. The van der Waals surface area contributed by atoms with Gasteiger partial charge in [-0.25, -0.2) is 4.79 Å². The first-order chi connectivity index (χ1) is 47.2. The Morgan fingerprint density at radius 1 is 0.697 bits per heavy atom. The van der Waals surface area contributed by atoms with E-state index in [9.17, 15) is 57.8 Å². The van der Waals surface area contributed by atoms with Gasteiger partial charge in [0.15, 0.2) is 0 Å². The van der Waals surface area contributed by atoms with E-state index in [0.29, 0.717) is 164 Å². The Morgan fingerprint density at radius 3 is 1.83 bits per heavy atom. The molecule has 0 radical (unpaired) electrons. The van der Waals surface area contributed by atoms with Crippen LogP contribution in [0.5, 0.6) is 0 Å². The lowest BCUT2D eigenvalue weighted by atomic mass is 9.73. The second-order valence-corrected chi connectivity index (χ2v) is 30.0. The predicted molar refractivity (Wildman–Crippen MR) is 377 cm³/mol. The number of imide groups is 1. The van der Waals surface area contributed by atoms with Gasteiger partial charge < -0.3 is 62.2 Å². The molecule has 4 aromatic carbocycles. The number of halogens is 1. The molecule has 548 valence electrons. The third-order valence-electron chi connectivity index (χ3n) is 17.0. The van der Waals surface area contributed by atoms with E-state index in [-0.39, 0.29) is 107 Å². The van der Waals surface area contributed by atoms with Crippen LogP contribution in [-0.4, -0.2) is 205 Å². The second kappa shape index (κ2) is 39.0. The van der Waals surface area contributed by atoms with Gasteiger partial charge in [0.2, 0.25) is 0 Å². The summed E-state index contributed by atoms with van der Waals surface area (Å²) in [4.78, 5) is 44.8. The van der Waals surface area contributed by atoms with Crippen molar-refractivity contribution in [1.29, 1.82) is 0 Å². The zero-order chi connectivity index (χ0) is 71.8. The van der Waals surface area contributed by atoms with Crippen molar-refractivity contribution < 1.29 is 105 Å². The number of hydrogen-bond donors (Lipinski definition) is 6. The van der Waals surface area contributed by atoms with E-state index in [1.165, 1.54) is 24.3 Å². The van der Waals surface area contributed by atoms with Crippen molar-refractivity contribution in [3.63, 3.8) is 0 Å². The zero-order valence-electron chi connectivity index (χ0n) is 56.0. The van der Waals surface area contributed by atoms with Crippen LogP contribution in [0.2, 0.25) is 0 Å². The Balaban J connectivity index is 1.23. The van der Waals surface area contributed by atoms with Crippen molar-refractivity contribution in [2.24, 2.45) is 0 Å². The van der Waals surface area contributed by atoms with Crippen molar-refractivity contribution in [3.05, 3.63) is 106 Å². The van der Waals surface area contributed by atoms with Crippen molar-refractivity contribution in [2.45, 2.75) is 115 Å². The molecule has 0 spiro atoms. The van der Waals surface area contributed by atoms with Gasteiger partial charge >= 0.3 is 5.97 Å². The predicted octanol–water partition coefficient (Wildman–Crippen LogP) is 10.1. The summed E-state index contributed by atoms with van der Waals surface area (Å²) in [6, 6.07) is 12.3. The number of hydroxylamine groups is 2. The summed E-state index contributed by atoms with van der Waals surface area (Å²) in [5.74, 6) is -2.64. The minimum atomic E-state index is -4.82. The lowest BCUT2D eigenvalue weighted by molar-refractivity contribution is -0.197. The number of fused-ring (bicyclic) bond motifs is 4. The lowest BCUT2D eigenvalue weighted by Gasteiger charge is -2.33. The van der Waals surface area contributed by atoms with Crippen LogP contribution in [0.25, 0.3) is 21.5 Å². The summed E-state index contributed by atoms with van der Waals surface area (Å²) < 4.78 is 167.